The minimum Gasteiger partial charge on any atom is -0.374 e. The van der Waals surface area contributed by atoms with E-state index in [-0.39, 0.29) is 17.9 Å². The van der Waals surface area contributed by atoms with Crippen molar-refractivity contribution >= 4 is 28.3 Å². The number of hydrogen-bond donors (Lipinski definition) is 3. The molecule has 2 aliphatic rings. The van der Waals surface area contributed by atoms with Gasteiger partial charge in [-0.25, -0.2) is 0 Å². The van der Waals surface area contributed by atoms with Gasteiger partial charge in [0.2, 0.25) is 16.9 Å². The number of anilines is 1. The van der Waals surface area contributed by atoms with E-state index in [0.717, 1.165) is 30.3 Å². The molecule has 0 aromatic carbocycles. The molecule has 0 unspecified atom stereocenters. The average molecular weight is 366 g/mol. The summed E-state index contributed by atoms with van der Waals surface area (Å²) in [5.41, 5.74) is 5.55. The zero-order valence-electron chi connectivity index (χ0n) is 14.5. The zero-order valence-corrected chi connectivity index (χ0v) is 15.3. The summed E-state index contributed by atoms with van der Waals surface area (Å²) < 4.78 is 0. The Morgan fingerprint density at radius 1 is 1.20 bits per heavy atom. The molecule has 1 aliphatic carbocycles. The van der Waals surface area contributed by atoms with Crippen LogP contribution in [0.3, 0.4) is 0 Å². The van der Waals surface area contributed by atoms with Crippen LogP contribution in [0, 0.1) is 5.92 Å². The maximum Gasteiger partial charge on any atom is 0.221 e. The Morgan fingerprint density at radius 2 is 1.96 bits per heavy atom. The molecule has 138 valence electrons. The van der Waals surface area contributed by atoms with Crippen LogP contribution in [0.25, 0.3) is 0 Å². The molecule has 1 aromatic rings. The lowest BCUT2D eigenvalue weighted by molar-refractivity contribution is -0.122. The van der Waals surface area contributed by atoms with Gasteiger partial charge in [-0.05, 0) is 31.6 Å². The molecule has 1 saturated heterocycles. The van der Waals surface area contributed by atoms with Crippen molar-refractivity contribution in [1.82, 2.24) is 25.7 Å². The maximum absolute atomic E-state index is 12.3. The molecular formula is C16H26N6O2S. The molecule has 0 spiro atoms. The monoisotopic (exact) mass is 366 g/mol. The van der Waals surface area contributed by atoms with E-state index in [0.29, 0.717) is 30.7 Å². The molecule has 3 rings (SSSR count). The average Bonchev–Trinajstić information content (AvgIpc) is 3.17. The summed E-state index contributed by atoms with van der Waals surface area (Å²) in [6.07, 6.45) is 5.06. The number of nitrogen functional groups attached to an aromatic ring is 1. The van der Waals surface area contributed by atoms with Crippen LogP contribution < -0.4 is 16.4 Å². The van der Waals surface area contributed by atoms with E-state index in [9.17, 15) is 9.59 Å². The number of carbonyl (C=O) groups excluding carboxylic acids is 2. The number of rotatable bonds is 8. The highest BCUT2D eigenvalue weighted by Crippen LogP contribution is 2.35. The molecule has 9 heteroatoms. The second-order valence-corrected chi connectivity index (χ2v) is 8.07. The van der Waals surface area contributed by atoms with Gasteiger partial charge in [0.15, 0.2) is 0 Å². The van der Waals surface area contributed by atoms with Crippen LogP contribution in [0.15, 0.2) is 0 Å². The summed E-state index contributed by atoms with van der Waals surface area (Å²) >= 11 is 1.29. The summed E-state index contributed by atoms with van der Waals surface area (Å²) in [7, 11) is 0. The van der Waals surface area contributed by atoms with Crippen molar-refractivity contribution in [3.05, 3.63) is 5.01 Å². The standard InChI is InChI=1S/C16H26N6O2S/c1-10(23)18-7-13-5-4-12(22(13)9-11-2-3-11)6-14(24)19-8-15-20-21-16(17)25-15/h11-13H,2-9H2,1H3,(H2,17,21)(H,18,23)(H,19,24)/t12-,13+/m0/s1. The van der Waals surface area contributed by atoms with Gasteiger partial charge in [0.05, 0.1) is 6.54 Å². The van der Waals surface area contributed by atoms with Gasteiger partial charge in [-0.2, -0.15) is 0 Å². The van der Waals surface area contributed by atoms with Crippen LogP contribution in [-0.2, 0) is 16.1 Å². The molecule has 8 nitrogen and oxygen atoms in total. The summed E-state index contributed by atoms with van der Waals surface area (Å²) in [5.74, 6) is 0.788. The SMILES string of the molecule is CC(=O)NC[C@H]1CC[C@@H](CC(=O)NCc2nnc(N)s2)N1CC1CC1. The Balaban J connectivity index is 1.50. The number of nitrogens with one attached hydrogen (secondary N) is 2. The van der Waals surface area contributed by atoms with Crippen molar-refractivity contribution < 1.29 is 9.59 Å². The van der Waals surface area contributed by atoms with Crippen molar-refractivity contribution in [2.75, 3.05) is 18.8 Å². The Morgan fingerprint density at radius 3 is 2.60 bits per heavy atom. The predicted octanol–water partition coefficient (Wildman–Crippen LogP) is 0.506. The summed E-state index contributed by atoms with van der Waals surface area (Å²) in [4.78, 5) is 26.0. The highest BCUT2D eigenvalue weighted by atomic mass is 32.1. The zero-order chi connectivity index (χ0) is 17.8. The molecule has 2 amide bonds. The van der Waals surface area contributed by atoms with Crippen LogP contribution in [-0.4, -0.2) is 52.1 Å². The third kappa shape index (κ3) is 5.37. The van der Waals surface area contributed by atoms with Gasteiger partial charge in [-0.1, -0.05) is 11.3 Å². The van der Waals surface area contributed by atoms with Crippen LogP contribution in [0.5, 0.6) is 0 Å². The molecule has 2 atom stereocenters. The van der Waals surface area contributed by atoms with Crippen molar-refractivity contribution in [2.24, 2.45) is 5.92 Å². The van der Waals surface area contributed by atoms with E-state index in [2.05, 4.69) is 25.7 Å². The van der Waals surface area contributed by atoms with Gasteiger partial charge in [-0.15, -0.1) is 10.2 Å². The number of nitrogens with two attached hydrogens (primary N) is 1. The first-order chi connectivity index (χ1) is 12.0. The lowest BCUT2D eigenvalue weighted by Gasteiger charge is -2.30. The molecule has 2 fully saturated rings. The third-order valence-electron chi connectivity index (χ3n) is 4.86. The fraction of sp³-hybridized carbons (Fsp3) is 0.750. The van der Waals surface area contributed by atoms with Crippen LogP contribution in [0.1, 0.15) is 44.0 Å². The van der Waals surface area contributed by atoms with Crippen molar-refractivity contribution in [2.45, 2.75) is 57.7 Å². The summed E-state index contributed by atoms with van der Waals surface area (Å²) in [6, 6.07) is 0.587. The first kappa shape index (κ1) is 18.1. The molecule has 2 heterocycles. The van der Waals surface area contributed by atoms with Gasteiger partial charge in [-0.3, -0.25) is 14.5 Å². The lowest BCUT2D eigenvalue weighted by atomic mass is 10.1. The molecule has 1 aromatic heterocycles. The number of nitrogens with zero attached hydrogens (tertiary/aromatic N) is 3. The van der Waals surface area contributed by atoms with Crippen LogP contribution >= 0.6 is 11.3 Å². The number of amides is 2. The quantitative estimate of drug-likeness (QED) is 0.618. The molecule has 1 saturated carbocycles. The highest BCUT2D eigenvalue weighted by Gasteiger charge is 2.37. The first-order valence-electron chi connectivity index (χ1n) is 8.86. The van der Waals surface area contributed by atoms with Crippen molar-refractivity contribution in [3.8, 4) is 0 Å². The van der Waals surface area contributed by atoms with Gasteiger partial charge in [0.1, 0.15) is 5.01 Å². The minimum atomic E-state index is 0.00361. The fourth-order valence-corrected chi connectivity index (χ4v) is 3.96. The van der Waals surface area contributed by atoms with E-state index in [1.807, 2.05) is 0 Å². The normalized spacial score (nSPS) is 23.6. The molecule has 1 aliphatic heterocycles. The summed E-state index contributed by atoms with van der Waals surface area (Å²) in [6.45, 7) is 3.63. The Bertz CT molecular complexity index is 618. The topological polar surface area (TPSA) is 113 Å². The van der Waals surface area contributed by atoms with Crippen LogP contribution in [0.2, 0.25) is 0 Å². The molecule has 25 heavy (non-hydrogen) atoms. The Labute approximate surface area is 151 Å². The van der Waals surface area contributed by atoms with Crippen molar-refractivity contribution in [3.63, 3.8) is 0 Å². The van der Waals surface area contributed by atoms with E-state index >= 15 is 0 Å². The van der Waals surface area contributed by atoms with E-state index in [1.54, 1.807) is 6.92 Å². The Kier molecular flexibility index (Phi) is 5.85. The smallest absolute Gasteiger partial charge is 0.221 e. The number of carbonyl (C=O) groups is 2. The third-order valence-corrected chi connectivity index (χ3v) is 5.62. The molecule has 0 bridgehead atoms. The van der Waals surface area contributed by atoms with Crippen molar-refractivity contribution in [1.29, 1.82) is 0 Å². The fourth-order valence-electron chi connectivity index (χ4n) is 3.41. The van der Waals surface area contributed by atoms with Gasteiger partial charge in [0.25, 0.3) is 0 Å². The van der Waals surface area contributed by atoms with Gasteiger partial charge >= 0.3 is 0 Å². The van der Waals surface area contributed by atoms with Gasteiger partial charge < -0.3 is 16.4 Å². The second kappa shape index (κ2) is 8.09. The second-order valence-electron chi connectivity index (χ2n) is 6.98. The first-order valence-corrected chi connectivity index (χ1v) is 9.67. The number of likely N-dealkylation sites (tertiary alicyclic amines) is 1. The van der Waals surface area contributed by atoms with E-state index in [1.165, 1.54) is 24.2 Å². The molecular weight excluding hydrogens is 340 g/mol. The number of aromatic nitrogens is 2. The Hall–Kier alpha value is -1.74. The number of hydrogen-bond acceptors (Lipinski definition) is 7. The van der Waals surface area contributed by atoms with E-state index < -0.39 is 0 Å². The lowest BCUT2D eigenvalue weighted by Crippen LogP contribution is -2.45. The van der Waals surface area contributed by atoms with E-state index in [4.69, 9.17) is 5.73 Å². The summed E-state index contributed by atoms with van der Waals surface area (Å²) in [5, 5.41) is 14.6. The molecule has 0 radical (unpaired) electrons. The maximum atomic E-state index is 12.3. The van der Waals surface area contributed by atoms with Gasteiger partial charge in [0, 0.05) is 38.5 Å². The predicted molar refractivity (Wildman–Crippen MR) is 95.7 cm³/mol. The largest absolute Gasteiger partial charge is 0.374 e. The molecule has 4 N–H and O–H groups in total. The van der Waals surface area contributed by atoms with Crippen LogP contribution in [0.4, 0.5) is 5.13 Å². The minimum absolute atomic E-state index is 0.00361. The highest BCUT2D eigenvalue weighted by molar-refractivity contribution is 7.15.